The number of benzene rings is 1. The predicted octanol–water partition coefficient (Wildman–Crippen LogP) is 2.64. The number of likely N-dealkylation sites (tertiary alicyclic amines) is 1. The van der Waals surface area contributed by atoms with E-state index in [0.29, 0.717) is 12.5 Å². The van der Waals surface area contributed by atoms with Crippen molar-refractivity contribution in [1.29, 1.82) is 0 Å². The third kappa shape index (κ3) is 4.53. The SMILES string of the molecule is CNCCC1CCCN(C(=O)OCc2ccccc2)C1. The number of hydrogen-bond acceptors (Lipinski definition) is 3. The van der Waals surface area contributed by atoms with Gasteiger partial charge in [0.1, 0.15) is 6.61 Å². The van der Waals surface area contributed by atoms with E-state index in [0.717, 1.165) is 38.0 Å². The number of piperidine rings is 1. The highest BCUT2D eigenvalue weighted by Crippen LogP contribution is 2.20. The van der Waals surface area contributed by atoms with Gasteiger partial charge in [0.05, 0.1) is 0 Å². The van der Waals surface area contributed by atoms with Gasteiger partial charge in [0, 0.05) is 13.1 Å². The van der Waals surface area contributed by atoms with Crippen molar-refractivity contribution >= 4 is 6.09 Å². The smallest absolute Gasteiger partial charge is 0.410 e. The van der Waals surface area contributed by atoms with Crippen molar-refractivity contribution in [1.82, 2.24) is 10.2 Å². The molecule has 110 valence electrons. The molecule has 1 unspecified atom stereocenters. The molecule has 1 amide bonds. The molecule has 0 spiro atoms. The second-order valence-electron chi connectivity index (χ2n) is 5.39. The summed E-state index contributed by atoms with van der Waals surface area (Å²) in [6.45, 7) is 3.02. The van der Waals surface area contributed by atoms with Crippen molar-refractivity contribution in [3.63, 3.8) is 0 Å². The summed E-state index contributed by atoms with van der Waals surface area (Å²) < 4.78 is 5.39. The van der Waals surface area contributed by atoms with E-state index in [1.165, 1.54) is 6.42 Å². The Kier molecular flexibility index (Phi) is 5.87. The van der Waals surface area contributed by atoms with E-state index in [4.69, 9.17) is 4.74 Å². The number of carbonyl (C=O) groups excluding carboxylic acids is 1. The molecule has 4 nitrogen and oxygen atoms in total. The molecule has 0 aliphatic carbocycles. The molecule has 0 radical (unpaired) electrons. The first-order valence-electron chi connectivity index (χ1n) is 7.40. The van der Waals surface area contributed by atoms with E-state index in [1.54, 1.807) is 0 Å². The van der Waals surface area contributed by atoms with Gasteiger partial charge in [-0.15, -0.1) is 0 Å². The maximum atomic E-state index is 12.1. The highest BCUT2D eigenvalue weighted by atomic mass is 16.6. The van der Waals surface area contributed by atoms with E-state index in [1.807, 2.05) is 42.3 Å². The van der Waals surface area contributed by atoms with Crippen LogP contribution in [0.1, 0.15) is 24.8 Å². The largest absolute Gasteiger partial charge is 0.445 e. The Hall–Kier alpha value is -1.55. The van der Waals surface area contributed by atoms with Crippen molar-refractivity contribution in [3.8, 4) is 0 Å². The summed E-state index contributed by atoms with van der Waals surface area (Å²) in [7, 11) is 1.97. The second-order valence-corrected chi connectivity index (χ2v) is 5.39. The standard InChI is InChI=1S/C16H24N2O2/c1-17-10-9-14-8-5-11-18(12-14)16(19)20-13-15-6-3-2-4-7-15/h2-4,6-7,14,17H,5,8-13H2,1H3. The Balaban J connectivity index is 1.77. The monoisotopic (exact) mass is 276 g/mol. The Morgan fingerprint density at radius 2 is 2.20 bits per heavy atom. The molecule has 20 heavy (non-hydrogen) atoms. The third-order valence-corrected chi connectivity index (χ3v) is 3.78. The molecule has 4 heteroatoms. The molecule has 1 N–H and O–H groups in total. The van der Waals surface area contributed by atoms with Crippen LogP contribution in [-0.4, -0.2) is 37.7 Å². The predicted molar refractivity (Wildman–Crippen MR) is 79.5 cm³/mol. The quantitative estimate of drug-likeness (QED) is 0.899. The molecular formula is C16H24N2O2. The van der Waals surface area contributed by atoms with Gasteiger partial charge < -0.3 is 15.0 Å². The second kappa shape index (κ2) is 7.90. The highest BCUT2D eigenvalue weighted by Gasteiger charge is 2.24. The molecule has 1 atom stereocenters. The maximum absolute atomic E-state index is 12.1. The van der Waals surface area contributed by atoms with Crippen LogP contribution in [0.15, 0.2) is 30.3 Å². The minimum absolute atomic E-state index is 0.178. The van der Waals surface area contributed by atoms with Gasteiger partial charge in [-0.3, -0.25) is 0 Å². The molecular weight excluding hydrogens is 252 g/mol. The van der Waals surface area contributed by atoms with Crippen LogP contribution in [0.5, 0.6) is 0 Å². The molecule has 0 aromatic heterocycles. The zero-order valence-electron chi connectivity index (χ0n) is 12.2. The number of nitrogens with zero attached hydrogens (tertiary/aromatic N) is 1. The van der Waals surface area contributed by atoms with Gasteiger partial charge in [0.15, 0.2) is 0 Å². The van der Waals surface area contributed by atoms with Crippen molar-refractivity contribution in [2.45, 2.75) is 25.9 Å². The van der Waals surface area contributed by atoms with E-state index >= 15 is 0 Å². The fourth-order valence-corrected chi connectivity index (χ4v) is 2.63. The van der Waals surface area contributed by atoms with Gasteiger partial charge >= 0.3 is 6.09 Å². The minimum atomic E-state index is -0.178. The van der Waals surface area contributed by atoms with E-state index in [2.05, 4.69) is 5.32 Å². The molecule has 0 saturated carbocycles. The number of rotatable bonds is 5. The fourth-order valence-electron chi connectivity index (χ4n) is 2.63. The van der Waals surface area contributed by atoms with Crippen molar-refractivity contribution in [2.24, 2.45) is 5.92 Å². The third-order valence-electron chi connectivity index (χ3n) is 3.78. The molecule has 1 aliphatic rings. The van der Waals surface area contributed by atoms with E-state index in [-0.39, 0.29) is 6.09 Å². The molecule has 0 bridgehead atoms. The Labute approximate surface area is 121 Å². The number of ether oxygens (including phenoxy) is 1. The zero-order chi connectivity index (χ0) is 14.2. The minimum Gasteiger partial charge on any atom is -0.445 e. The maximum Gasteiger partial charge on any atom is 0.410 e. The van der Waals surface area contributed by atoms with Gasteiger partial charge in [-0.2, -0.15) is 0 Å². The average molecular weight is 276 g/mol. The fraction of sp³-hybridized carbons (Fsp3) is 0.562. The van der Waals surface area contributed by atoms with E-state index in [9.17, 15) is 4.79 Å². The Bertz CT molecular complexity index is 408. The summed E-state index contributed by atoms with van der Waals surface area (Å²) in [5.41, 5.74) is 1.03. The zero-order valence-corrected chi connectivity index (χ0v) is 12.2. The van der Waals surface area contributed by atoms with Gasteiger partial charge in [-0.25, -0.2) is 4.79 Å². The van der Waals surface area contributed by atoms with Crippen LogP contribution in [0.25, 0.3) is 0 Å². The number of amides is 1. The first kappa shape index (κ1) is 14.9. The molecule has 2 rings (SSSR count). The lowest BCUT2D eigenvalue weighted by Gasteiger charge is -2.32. The summed E-state index contributed by atoms with van der Waals surface area (Å²) in [6.07, 6.45) is 3.24. The lowest BCUT2D eigenvalue weighted by Crippen LogP contribution is -2.40. The van der Waals surface area contributed by atoms with Gasteiger partial charge in [-0.1, -0.05) is 30.3 Å². The summed E-state index contributed by atoms with van der Waals surface area (Å²) in [4.78, 5) is 13.9. The molecule has 1 aromatic carbocycles. The summed E-state index contributed by atoms with van der Waals surface area (Å²) >= 11 is 0. The Morgan fingerprint density at radius 1 is 1.40 bits per heavy atom. The normalized spacial score (nSPS) is 18.9. The topological polar surface area (TPSA) is 41.6 Å². The summed E-state index contributed by atoms with van der Waals surface area (Å²) in [5, 5.41) is 3.17. The molecule has 1 aliphatic heterocycles. The summed E-state index contributed by atoms with van der Waals surface area (Å²) in [6, 6.07) is 9.82. The van der Waals surface area contributed by atoms with Crippen LogP contribution < -0.4 is 5.32 Å². The van der Waals surface area contributed by atoms with Gasteiger partial charge in [-0.05, 0) is 44.3 Å². The average Bonchev–Trinajstić information content (AvgIpc) is 2.52. The van der Waals surface area contributed by atoms with Gasteiger partial charge in [0.25, 0.3) is 0 Å². The first-order valence-corrected chi connectivity index (χ1v) is 7.40. The number of nitrogens with one attached hydrogen (secondary N) is 1. The van der Waals surface area contributed by atoms with E-state index < -0.39 is 0 Å². The van der Waals surface area contributed by atoms with Crippen LogP contribution in [0.2, 0.25) is 0 Å². The van der Waals surface area contributed by atoms with Crippen molar-refractivity contribution in [2.75, 3.05) is 26.7 Å². The molecule has 1 aromatic rings. The highest BCUT2D eigenvalue weighted by molar-refractivity contribution is 5.67. The summed E-state index contributed by atoms with van der Waals surface area (Å²) in [5.74, 6) is 0.598. The molecule has 1 fully saturated rings. The lowest BCUT2D eigenvalue weighted by atomic mass is 9.95. The lowest BCUT2D eigenvalue weighted by molar-refractivity contribution is 0.0781. The van der Waals surface area contributed by atoms with Crippen LogP contribution >= 0.6 is 0 Å². The van der Waals surface area contributed by atoms with Crippen LogP contribution in [0.4, 0.5) is 4.79 Å². The molecule has 1 saturated heterocycles. The van der Waals surface area contributed by atoms with Crippen LogP contribution in [-0.2, 0) is 11.3 Å². The van der Waals surface area contributed by atoms with Gasteiger partial charge in [0.2, 0.25) is 0 Å². The first-order chi connectivity index (χ1) is 9.79. The number of hydrogen-bond donors (Lipinski definition) is 1. The van der Waals surface area contributed by atoms with Crippen LogP contribution in [0, 0.1) is 5.92 Å². The van der Waals surface area contributed by atoms with Crippen molar-refractivity contribution < 1.29 is 9.53 Å². The Morgan fingerprint density at radius 3 is 2.95 bits per heavy atom. The number of carbonyl (C=O) groups is 1. The van der Waals surface area contributed by atoms with Crippen molar-refractivity contribution in [3.05, 3.63) is 35.9 Å². The van der Waals surface area contributed by atoms with Crippen LogP contribution in [0.3, 0.4) is 0 Å². The molecule has 1 heterocycles.